The predicted molar refractivity (Wildman–Crippen MR) is 69.7 cm³/mol. The highest BCUT2D eigenvalue weighted by atomic mass is 16.5. The summed E-state index contributed by atoms with van der Waals surface area (Å²) in [5.41, 5.74) is -0.208. The molecule has 0 bridgehead atoms. The van der Waals surface area contributed by atoms with Gasteiger partial charge in [0.25, 0.3) is 5.54 Å². The Labute approximate surface area is 110 Å². The van der Waals surface area contributed by atoms with Gasteiger partial charge in [0.1, 0.15) is 5.57 Å². The van der Waals surface area contributed by atoms with Crippen LogP contribution in [0.2, 0.25) is 0 Å². The van der Waals surface area contributed by atoms with E-state index >= 15 is 0 Å². The second kappa shape index (κ2) is 3.75. The molecule has 19 heavy (non-hydrogen) atoms. The lowest BCUT2D eigenvalue weighted by molar-refractivity contribution is -0.528. The van der Waals surface area contributed by atoms with Crippen LogP contribution in [0.1, 0.15) is 12.5 Å². The molecule has 2 aliphatic rings. The quantitative estimate of drug-likeness (QED) is 0.433. The second-order valence-corrected chi connectivity index (χ2v) is 4.74. The van der Waals surface area contributed by atoms with E-state index in [-0.39, 0.29) is 22.9 Å². The van der Waals surface area contributed by atoms with Crippen LogP contribution < -0.4 is 0 Å². The summed E-state index contributed by atoms with van der Waals surface area (Å²) in [4.78, 5) is 23.9. The minimum atomic E-state index is -1.29. The maximum Gasteiger partial charge on any atom is 0.258 e. The predicted octanol–water partition coefficient (Wildman–Crippen LogP) is 1.50. The lowest BCUT2D eigenvalue weighted by Crippen LogP contribution is -2.37. The monoisotopic (exact) mass is 253 g/mol. The summed E-state index contributed by atoms with van der Waals surface area (Å²) >= 11 is 0. The molecule has 1 aliphatic carbocycles. The van der Waals surface area contributed by atoms with Crippen molar-refractivity contribution in [3.63, 3.8) is 0 Å². The number of benzene rings is 1. The number of nitrogens with zero attached hydrogens (tertiary/aromatic N) is 1. The molecule has 0 saturated heterocycles. The first-order valence-electron chi connectivity index (χ1n) is 5.94. The van der Waals surface area contributed by atoms with E-state index < -0.39 is 5.54 Å². The summed E-state index contributed by atoms with van der Waals surface area (Å²) in [5.74, 6) is -0.598. The lowest BCUT2D eigenvalue weighted by Gasteiger charge is -2.21. The number of carbonyl (C=O) groups is 2. The van der Waals surface area contributed by atoms with Crippen molar-refractivity contribution in [2.75, 3.05) is 0 Å². The molecule has 0 amide bonds. The summed E-state index contributed by atoms with van der Waals surface area (Å²) in [6.07, 6.45) is 3.95. The number of hydrogen-bond acceptors (Lipinski definition) is 3. The fourth-order valence-electron chi connectivity index (χ4n) is 2.48. The highest BCUT2D eigenvalue weighted by Crippen LogP contribution is 2.35. The van der Waals surface area contributed by atoms with E-state index in [9.17, 15) is 14.8 Å². The molecule has 0 saturated carbocycles. The van der Waals surface area contributed by atoms with Crippen molar-refractivity contribution in [1.29, 1.82) is 0 Å². The molecule has 0 spiro atoms. The summed E-state index contributed by atoms with van der Waals surface area (Å²) in [6, 6.07) is 8.87. The zero-order valence-electron chi connectivity index (χ0n) is 10.3. The Hall–Kier alpha value is -2.49. The Balaban J connectivity index is 2.23. The van der Waals surface area contributed by atoms with Crippen LogP contribution in [0.5, 0.6) is 0 Å². The molecule has 1 aromatic carbocycles. The summed E-state index contributed by atoms with van der Waals surface area (Å²) in [7, 11) is 0. The number of fused-ring (bicyclic) bond motifs is 1. The van der Waals surface area contributed by atoms with Gasteiger partial charge >= 0.3 is 0 Å². The Morgan fingerprint density at radius 1 is 1.11 bits per heavy atom. The van der Waals surface area contributed by atoms with Gasteiger partial charge in [-0.15, -0.1) is 0 Å². The number of rotatable bonds is 1. The first-order chi connectivity index (χ1) is 9.05. The third-order valence-electron chi connectivity index (χ3n) is 3.62. The summed E-state index contributed by atoms with van der Waals surface area (Å²) < 4.78 is 0.694. The van der Waals surface area contributed by atoms with E-state index in [4.69, 9.17) is 0 Å². The Morgan fingerprint density at radius 3 is 2.47 bits per heavy atom. The molecule has 0 radical (unpaired) electrons. The molecule has 0 fully saturated rings. The molecule has 0 aromatic heterocycles. The molecule has 3 rings (SSSR count). The molecular weight excluding hydrogens is 242 g/mol. The number of allylic oxidation sites excluding steroid dienone is 3. The van der Waals surface area contributed by atoms with Gasteiger partial charge in [0, 0.05) is 24.6 Å². The molecule has 0 N–H and O–H groups in total. The van der Waals surface area contributed by atoms with E-state index in [0.29, 0.717) is 10.3 Å². The van der Waals surface area contributed by atoms with Gasteiger partial charge in [0.15, 0.2) is 5.78 Å². The highest BCUT2D eigenvalue weighted by Gasteiger charge is 2.54. The number of hydroxylamine groups is 1. The van der Waals surface area contributed by atoms with E-state index in [1.165, 1.54) is 18.2 Å². The van der Waals surface area contributed by atoms with Gasteiger partial charge in [-0.05, 0) is 6.08 Å². The minimum absolute atomic E-state index is 0.203. The van der Waals surface area contributed by atoms with Crippen molar-refractivity contribution in [1.82, 2.24) is 0 Å². The Kier molecular flexibility index (Phi) is 2.29. The lowest BCUT2D eigenvalue weighted by atomic mass is 9.86. The summed E-state index contributed by atoms with van der Waals surface area (Å²) in [6.45, 7) is 1.59. The molecule has 1 aromatic rings. The Morgan fingerprint density at radius 2 is 1.79 bits per heavy atom. The van der Waals surface area contributed by atoms with Gasteiger partial charge in [0.2, 0.25) is 11.5 Å². The molecule has 1 unspecified atom stereocenters. The number of Topliss-reactive ketones (excluding diaryl/α,β-unsaturated/α-hetero) is 1. The molecule has 1 aliphatic heterocycles. The van der Waals surface area contributed by atoms with Crippen molar-refractivity contribution < 1.29 is 14.3 Å². The zero-order chi connectivity index (χ0) is 13.6. The first-order valence-corrected chi connectivity index (χ1v) is 5.94. The third-order valence-corrected chi connectivity index (χ3v) is 3.62. The van der Waals surface area contributed by atoms with Crippen LogP contribution in [-0.2, 0) is 15.1 Å². The molecule has 94 valence electrons. The van der Waals surface area contributed by atoms with Crippen LogP contribution in [0.25, 0.3) is 0 Å². The second-order valence-electron chi connectivity index (χ2n) is 4.74. The number of carbonyl (C=O) groups excluding carboxylic acids is 2. The van der Waals surface area contributed by atoms with Gasteiger partial charge in [-0.2, -0.15) is 4.74 Å². The van der Waals surface area contributed by atoms with Crippen LogP contribution in [0, 0.1) is 5.21 Å². The van der Waals surface area contributed by atoms with Crippen LogP contribution in [0.4, 0.5) is 0 Å². The topological polar surface area (TPSA) is 60.2 Å². The van der Waals surface area contributed by atoms with Crippen molar-refractivity contribution in [3.8, 4) is 0 Å². The van der Waals surface area contributed by atoms with Gasteiger partial charge in [0.05, 0.1) is 0 Å². The van der Waals surface area contributed by atoms with Crippen LogP contribution in [0.3, 0.4) is 0 Å². The van der Waals surface area contributed by atoms with Crippen molar-refractivity contribution in [2.24, 2.45) is 0 Å². The van der Waals surface area contributed by atoms with Gasteiger partial charge in [-0.1, -0.05) is 30.3 Å². The van der Waals surface area contributed by atoms with Crippen molar-refractivity contribution in [2.45, 2.75) is 12.5 Å². The van der Waals surface area contributed by atoms with Crippen LogP contribution >= 0.6 is 0 Å². The molecule has 4 nitrogen and oxygen atoms in total. The fraction of sp³-hybridized carbons (Fsp3) is 0.133. The van der Waals surface area contributed by atoms with Crippen LogP contribution in [-0.4, -0.2) is 22.0 Å². The summed E-state index contributed by atoms with van der Waals surface area (Å²) in [5, 5.41) is 12.4. The SMILES string of the molecule is CC1(c2ccccc2)C(=O)C2=CC(=O)C=CC2=[N+]1[O-]. The van der Waals surface area contributed by atoms with Crippen molar-refractivity contribution in [3.05, 3.63) is 64.9 Å². The van der Waals surface area contributed by atoms with E-state index in [1.807, 2.05) is 6.07 Å². The zero-order valence-corrected chi connectivity index (χ0v) is 10.3. The fourth-order valence-corrected chi connectivity index (χ4v) is 2.48. The number of ketones is 2. The largest absolute Gasteiger partial charge is 0.622 e. The third kappa shape index (κ3) is 1.43. The van der Waals surface area contributed by atoms with Crippen molar-refractivity contribution >= 4 is 17.3 Å². The highest BCUT2D eigenvalue weighted by molar-refractivity contribution is 6.34. The van der Waals surface area contributed by atoms with Gasteiger partial charge in [-0.3, -0.25) is 9.59 Å². The molecular formula is C15H11NO3. The molecule has 1 heterocycles. The smallest absolute Gasteiger partial charge is 0.258 e. The maximum absolute atomic E-state index is 12.5. The van der Waals surface area contributed by atoms with E-state index in [2.05, 4.69) is 0 Å². The normalized spacial score (nSPS) is 25.6. The van der Waals surface area contributed by atoms with E-state index in [1.54, 1.807) is 31.2 Å². The minimum Gasteiger partial charge on any atom is -0.622 e. The number of hydrogen-bond donors (Lipinski definition) is 0. The Bertz CT molecular complexity index is 683. The van der Waals surface area contributed by atoms with Crippen LogP contribution in [0.15, 0.2) is 54.1 Å². The van der Waals surface area contributed by atoms with Gasteiger partial charge in [-0.25, -0.2) is 0 Å². The van der Waals surface area contributed by atoms with Gasteiger partial charge < -0.3 is 5.21 Å². The molecule has 4 heteroatoms. The first kappa shape index (κ1) is 11.6. The van der Waals surface area contributed by atoms with E-state index in [0.717, 1.165) is 0 Å². The average molecular weight is 253 g/mol. The average Bonchev–Trinajstić information content (AvgIpc) is 2.63. The standard InChI is InChI=1S/C15H11NO3/c1-15(10-5-3-2-4-6-10)14(18)12-9-11(17)7-8-13(12)16(15)19/h2-9H,1H3. The maximum atomic E-state index is 12.5. The molecule has 1 atom stereocenters.